The van der Waals surface area contributed by atoms with Crippen LogP contribution in [0, 0.1) is 0 Å². The average molecular weight is 900 g/mol. The Labute approximate surface area is 400 Å². The molecule has 65 heavy (non-hydrogen) atoms. The van der Waals surface area contributed by atoms with Crippen molar-refractivity contribution in [2.75, 3.05) is 6.61 Å². The van der Waals surface area contributed by atoms with Gasteiger partial charge in [-0.2, -0.15) is 0 Å². The molecule has 0 saturated carbocycles. The number of esters is 1. The van der Waals surface area contributed by atoms with Crippen LogP contribution in [0.1, 0.15) is 213 Å². The Morgan fingerprint density at radius 2 is 0.908 bits per heavy atom. The molecule has 0 radical (unpaired) electrons. The predicted octanol–water partition coefficient (Wildman–Crippen LogP) is 16.1. The van der Waals surface area contributed by atoms with Crippen molar-refractivity contribution in [1.82, 2.24) is 5.32 Å². The second-order valence-electron chi connectivity index (χ2n) is 17.3. The van der Waals surface area contributed by atoms with Crippen LogP contribution in [0.3, 0.4) is 0 Å². The monoisotopic (exact) mass is 900 g/mol. The van der Waals surface area contributed by atoms with Crippen LogP contribution in [0.5, 0.6) is 0 Å². The van der Waals surface area contributed by atoms with Gasteiger partial charge in [-0.15, -0.1) is 0 Å². The fraction of sp³-hybridized carbons (Fsp3) is 0.627. The van der Waals surface area contributed by atoms with Crippen molar-refractivity contribution in [2.24, 2.45) is 0 Å². The van der Waals surface area contributed by atoms with Crippen molar-refractivity contribution in [3.8, 4) is 0 Å². The Balaban J connectivity index is 4.74. The predicted molar refractivity (Wildman–Crippen MR) is 282 cm³/mol. The van der Waals surface area contributed by atoms with E-state index in [4.69, 9.17) is 4.74 Å². The fourth-order valence-corrected chi connectivity index (χ4v) is 7.26. The summed E-state index contributed by atoms with van der Waals surface area (Å²) in [7, 11) is 0. The lowest BCUT2D eigenvalue weighted by Gasteiger charge is -2.24. The van der Waals surface area contributed by atoms with Crippen LogP contribution >= 0.6 is 0 Å². The minimum Gasteiger partial charge on any atom is -0.462 e. The Morgan fingerprint density at radius 3 is 1.40 bits per heavy atom. The zero-order valence-corrected chi connectivity index (χ0v) is 41.8. The zero-order valence-electron chi connectivity index (χ0n) is 41.8. The number of amides is 1. The van der Waals surface area contributed by atoms with Gasteiger partial charge in [-0.05, 0) is 77.0 Å². The van der Waals surface area contributed by atoms with Crippen molar-refractivity contribution in [2.45, 2.75) is 232 Å². The number of carbonyl (C=O) groups excluding carboxylic acids is 2. The molecule has 0 aliphatic heterocycles. The van der Waals surface area contributed by atoms with E-state index >= 15 is 0 Å². The second kappa shape index (κ2) is 51.2. The standard InChI is InChI=1S/C59H97NO5/c1-4-7-10-13-16-19-22-25-27-29-31-34-37-40-43-46-49-52-59(64)65-55(50-47-44-41-38-35-32-24-21-18-15-12-9-6-3)53-58(63)60-56(54-61)57(62)51-48-45-42-39-36-33-30-28-26-23-20-17-14-11-8-5-2/h7,9-10,12,15-16,18-19,21,24-25,27,31-32,34-35,38,40-41,43,55-57,61-62H,4-6,8,11,13-14,17,20,22-23,26,28-30,33,36-37,39,42,44-54H2,1-3H3,(H,60,63)/b10-7-,12-9+,18-15+,19-16-,24-21-,27-25-,34-31-,35-32-,41-38+,43-40-. The van der Waals surface area contributed by atoms with Crippen LogP contribution in [0.25, 0.3) is 0 Å². The molecule has 0 fully saturated rings. The quantitative estimate of drug-likeness (QED) is 0.0245. The Hall–Kier alpha value is -3.74. The topological polar surface area (TPSA) is 95.9 Å². The molecule has 368 valence electrons. The van der Waals surface area contributed by atoms with Gasteiger partial charge in [0.05, 0.1) is 25.2 Å². The van der Waals surface area contributed by atoms with Gasteiger partial charge >= 0.3 is 5.97 Å². The van der Waals surface area contributed by atoms with Crippen LogP contribution < -0.4 is 5.32 Å². The highest BCUT2D eigenvalue weighted by molar-refractivity contribution is 5.77. The summed E-state index contributed by atoms with van der Waals surface area (Å²) in [6.45, 7) is 6.19. The van der Waals surface area contributed by atoms with E-state index in [0.29, 0.717) is 19.3 Å². The van der Waals surface area contributed by atoms with E-state index in [1.165, 1.54) is 83.5 Å². The van der Waals surface area contributed by atoms with Crippen LogP contribution in [0.4, 0.5) is 0 Å². The Morgan fingerprint density at radius 1 is 0.477 bits per heavy atom. The SMILES string of the molecule is CC/C=C\C/C=C\C/C=C\C/C=C\C/C=C\CCCC(=O)OC(CCC/C=C/C=C\C=C/C=C/C=C/CC)CC(=O)NC(CO)C(O)CCCCCCCCCCCCCCCCCC. The molecule has 0 aliphatic carbocycles. The van der Waals surface area contributed by atoms with Gasteiger partial charge in [0, 0.05) is 6.42 Å². The minimum absolute atomic E-state index is 0.00183. The van der Waals surface area contributed by atoms with Crippen molar-refractivity contribution >= 4 is 11.9 Å². The van der Waals surface area contributed by atoms with E-state index in [-0.39, 0.29) is 31.3 Å². The molecule has 0 bridgehead atoms. The molecule has 6 nitrogen and oxygen atoms in total. The van der Waals surface area contributed by atoms with Crippen LogP contribution in [-0.4, -0.2) is 46.9 Å². The number of aliphatic hydroxyl groups is 2. The maximum absolute atomic E-state index is 13.2. The molecule has 0 aromatic carbocycles. The van der Waals surface area contributed by atoms with E-state index < -0.39 is 18.2 Å². The van der Waals surface area contributed by atoms with E-state index in [2.05, 4.69) is 99.0 Å². The summed E-state index contributed by atoms with van der Waals surface area (Å²) in [6, 6.07) is -0.745. The highest BCUT2D eigenvalue weighted by atomic mass is 16.5. The smallest absolute Gasteiger partial charge is 0.306 e. The molecule has 0 rings (SSSR count). The normalized spacial score (nSPS) is 14.2. The third-order valence-corrected chi connectivity index (χ3v) is 11.2. The summed E-state index contributed by atoms with van der Waals surface area (Å²) < 4.78 is 5.86. The molecule has 3 unspecified atom stereocenters. The average Bonchev–Trinajstić information content (AvgIpc) is 3.30. The van der Waals surface area contributed by atoms with Crippen LogP contribution in [-0.2, 0) is 14.3 Å². The first kappa shape index (κ1) is 61.3. The van der Waals surface area contributed by atoms with E-state index in [1.807, 2.05) is 48.6 Å². The van der Waals surface area contributed by atoms with Crippen molar-refractivity contribution < 1.29 is 24.5 Å². The summed E-state index contributed by atoms with van der Waals surface area (Å²) in [4.78, 5) is 26.1. The molecule has 6 heteroatoms. The molecule has 0 heterocycles. The first-order valence-corrected chi connectivity index (χ1v) is 26.3. The fourth-order valence-electron chi connectivity index (χ4n) is 7.26. The molecule has 3 atom stereocenters. The molecular weight excluding hydrogens is 803 g/mol. The van der Waals surface area contributed by atoms with Crippen molar-refractivity contribution in [1.29, 1.82) is 0 Å². The number of allylic oxidation sites excluding steroid dienone is 20. The van der Waals surface area contributed by atoms with Crippen molar-refractivity contribution in [3.63, 3.8) is 0 Å². The number of nitrogens with one attached hydrogen (secondary N) is 1. The lowest BCUT2D eigenvalue weighted by atomic mass is 10.0. The third kappa shape index (κ3) is 46.6. The summed E-state index contributed by atoms with van der Waals surface area (Å²) in [6.07, 6.45) is 71.3. The summed E-state index contributed by atoms with van der Waals surface area (Å²) in [5, 5.41) is 23.8. The number of rotatable bonds is 45. The highest BCUT2D eigenvalue weighted by Crippen LogP contribution is 2.16. The van der Waals surface area contributed by atoms with E-state index in [1.54, 1.807) is 0 Å². The second-order valence-corrected chi connectivity index (χ2v) is 17.3. The molecular formula is C59H97NO5. The minimum atomic E-state index is -0.825. The Kier molecular flexibility index (Phi) is 48.3. The number of unbranched alkanes of at least 4 members (excludes halogenated alkanes) is 17. The van der Waals surface area contributed by atoms with Gasteiger partial charge in [0.15, 0.2) is 0 Å². The maximum atomic E-state index is 13.2. The van der Waals surface area contributed by atoms with E-state index in [9.17, 15) is 19.8 Å². The lowest BCUT2D eigenvalue weighted by molar-refractivity contribution is -0.151. The molecule has 0 saturated heterocycles. The van der Waals surface area contributed by atoms with Gasteiger partial charge in [-0.3, -0.25) is 9.59 Å². The number of aliphatic hydroxyl groups excluding tert-OH is 2. The van der Waals surface area contributed by atoms with Gasteiger partial charge in [-0.1, -0.05) is 245 Å². The molecule has 0 aromatic heterocycles. The van der Waals surface area contributed by atoms with Gasteiger partial charge in [0.2, 0.25) is 5.91 Å². The van der Waals surface area contributed by atoms with Gasteiger partial charge in [0.1, 0.15) is 6.10 Å². The zero-order chi connectivity index (χ0) is 47.4. The van der Waals surface area contributed by atoms with E-state index in [0.717, 1.165) is 77.0 Å². The number of hydrogen-bond acceptors (Lipinski definition) is 5. The molecule has 1 amide bonds. The molecule has 0 spiro atoms. The summed E-state index contributed by atoms with van der Waals surface area (Å²) in [5.74, 6) is -0.627. The summed E-state index contributed by atoms with van der Waals surface area (Å²) in [5.41, 5.74) is 0. The lowest BCUT2D eigenvalue weighted by Crippen LogP contribution is -2.46. The largest absolute Gasteiger partial charge is 0.462 e. The highest BCUT2D eigenvalue weighted by Gasteiger charge is 2.24. The maximum Gasteiger partial charge on any atom is 0.306 e. The molecule has 0 aromatic rings. The van der Waals surface area contributed by atoms with Crippen LogP contribution in [0.2, 0.25) is 0 Å². The van der Waals surface area contributed by atoms with Gasteiger partial charge in [-0.25, -0.2) is 0 Å². The Bertz CT molecular complexity index is 1380. The first-order valence-electron chi connectivity index (χ1n) is 26.3. The van der Waals surface area contributed by atoms with Gasteiger partial charge < -0.3 is 20.3 Å². The number of hydrogen-bond donors (Lipinski definition) is 3. The van der Waals surface area contributed by atoms with Gasteiger partial charge in [0.25, 0.3) is 0 Å². The van der Waals surface area contributed by atoms with Crippen molar-refractivity contribution in [3.05, 3.63) is 122 Å². The number of ether oxygens (including phenoxy) is 1. The third-order valence-electron chi connectivity index (χ3n) is 11.2. The number of carbonyl (C=O) groups is 2. The van der Waals surface area contributed by atoms with Crippen LogP contribution in [0.15, 0.2) is 122 Å². The molecule has 3 N–H and O–H groups in total. The first-order chi connectivity index (χ1) is 32.0. The summed E-state index contributed by atoms with van der Waals surface area (Å²) >= 11 is 0. The molecule has 0 aliphatic rings.